The molecule has 4 amide bonds. The van der Waals surface area contributed by atoms with Gasteiger partial charge in [0.2, 0.25) is 5.96 Å². The summed E-state index contributed by atoms with van der Waals surface area (Å²) in [4.78, 5) is 49.6. The number of amides is 4. The molecule has 32 heavy (non-hydrogen) atoms. The van der Waals surface area contributed by atoms with Gasteiger partial charge in [0.05, 0.1) is 5.69 Å². The van der Waals surface area contributed by atoms with Crippen LogP contribution in [0.2, 0.25) is 0 Å². The van der Waals surface area contributed by atoms with Gasteiger partial charge in [-0.3, -0.25) is 19.9 Å². The van der Waals surface area contributed by atoms with E-state index in [9.17, 15) is 19.2 Å². The first-order valence-electron chi connectivity index (χ1n) is 9.44. The summed E-state index contributed by atoms with van der Waals surface area (Å²) in [5, 5.41) is 19.1. The highest BCUT2D eigenvalue weighted by Gasteiger charge is 2.49. The monoisotopic (exact) mass is 439 g/mol. The van der Waals surface area contributed by atoms with Crippen molar-refractivity contribution in [2.75, 3.05) is 11.4 Å². The molecule has 1 aliphatic rings. The van der Waals surface area contributed by atoms with Crippen molar-refractivity contribution >= 4 is 35.6 Å². The number of benzene rings is 2. The van der Waals surface area contributed by atoms with Crippen LogP contribution in [0.4, 0.5) is 15.3 Å². The topological polar surface area (TPSA) is 166 Å². The van der Waals surface area contributed by atoms with E-state index in [0.717, 1.165) is 10.5 Å². The third-order valence-electron chi connectivity index (χ3n) is 4.90. The van der Waals surface area contributed by atoms with Crippen molar-refractivity contribution in [1.29, 1.82) is 5.41 Å². The lowest BCUT2D eigenvalue weighted by molar-refractivity contribution is -0.142. The van der Waals surface area contributed by atoms with E-state index in [1.807, 2.05) is 6.07 Å². The Morgan fingerprint density at radius 3 is 2.34 bits per heavy atom. The SMILES string of the molecule is C[C@@]1(c2ccc(N(C(=N)N)C(=O)OCc3ccccc3)cc2)NC(=O)N(CC(=O)O)C1=O. The van der Waals surface area contributed by atoms with E-state index in [1.54, 1.807) is 24.3 Å². The third-order valence-corrected chi connectivity index (χ3v) is 4.90. The van der Waals surface area contributed by atoms with Crippen LogP contribution in [0.25, 0.3) is 0 Å². The van der Waals surface area contributed by atoms with Crippen molar-refractivity contribution in [2.24, 2.45) is 5.73 Å². The number of urea groups is 1. The number of anilines is 1. The number of carbonyl (C=O) groups is 4. The Balaban J connectivity index is 1.78. The Morgan fingerprint density at radius 1 is 1.16 bits per heavy atom. The molecule has 2 aromatic rings. The molecule has 1 fully saturated rings. The standard InChI is InChI=1S/C21H21N5O6/c1-21(17(29)25(11-16(27)28)19(30)24-21)14-7-9-15(10-8-14)26(18(22)23)20(31)32-12-13-5-3-2-4-6-13/h2-10H,11-12H2,1H3,(H3,22,23)(H,24,30)(H,27,28)/t21-/m0/s1. The number of hydrogen-bond donors (Lipinski definition) is 4. The molecule has 11 nitrogen and oxygen atoms in total. The molecule has 0 aliphatic carbocycles. The highest BCUT2D eigenvalue weighted by atomic mass is 16.6. The average molecular weight is 439 g/mol. The van der Waals surface area contributed by atoms with Crippen LogP contribution in [0.3, 0.4) is 0 Å². The van der Waals surface area contributed by atoms with Crippen molar-refractivity contribution in [2.45, 2.75) is 19.1 Å². The molecule has 0 radical (unpaired) electrons. The van der Waals surface area contributed by atoms with E-state index in [4.69, 9.17) is 21.0 Å². The first-order valence-corrected chi connectivity index (χ1v) is 9.44. The normalized spacial score (nSPS) is 17.6. The van der Waals surface area contributed by atoms with E-state index in [0.29, 0.717) is 10.5 Å². The zero-order chi connectivity index (χ0) is 23.5. The smallest absolute Gasteiger partial charge is 0.421 e. The van der Waals surface area contributed by atoms with Crippen LogP contribution in [0, 0.1) is 5.41 Å². The maximum Gasteiger partial charge on any atom is 0.421 e. The maximum absolute atomic E-state index is 12.7. The Bertz CT molecular complexity index is 1070. The molecular weight excluding hydrogens is 418 g/mol. The molecule has 0 spiro atoms. The zero-order valence-corrected chi connectivity index (χ0v) is 17.1. The van der Waals surface area contributed by atoms with Gasteiger partial charge in [0.25, 0.3) is 5.91 Å². The maximum atomic E-state index is 12.7. The predicted octanol–water partition coefficient (Wildman–Crippen LogP) is 1.57. The quantitative estimate of drug-likeness (QED) is 0.301. The van der Waals surface area contributed by atoms with Crippen molar-refractivity contribution in [1.82, 2.24) is 10.2 Å². The summed E-state index contributed by atoms with van der Waals surface area (Å²) in [6.07, 6.45) is -0.863. The van der Waals surface area contributed by atoms with Crippen LogP contribution in [0.15, 0.2) is 54.6 Å². The summed E-state index contributed by atoms with van der Waals surface area (Å²) in [7, 11) is 0. The molecule has 166 valence electrons. The van der Waals surface area contributed by atoms with Crippen molar-refractivity contribution < 1.29 is 29.0 Å². The first kappa shape index (κ1) is 22.3. The molecule has 11 heteroatoms. The lowest BCUT2D eigenvalue weighted by Gasteiger charge is -2.24. The lowest BCUT2D eigenvalue weighted by Crippen LogP contribution is -2.42. The van der Waals surface area contributed by atoms with Gasteiger partial charge in [-0.2, -0.15) is 0 Å². The van der Waals surface area contributed by atoms with Gasteiger partial charge < -0.3 is 20.9 Å². The molecule has 0 bridgehead atoms. The fourth-order valence-corrected chi connectivity index (χ4v) is 3.24. The van der Waals surface area contributed by atoms with E-state index < -0.39 is 42.0 Å². The average Bonchev–Trinajstić information content (AvgIpc) is 2.97. The van der Waals surface area contributed by atoms with Crippen LogP contribution in [0.5, 0.6) is 0 Å². The second-order valence-electron chi connectivity index (χ2n) is 7.15. The number of nitrogens with two attached hydrogens (primary N) is 1. The van der Waals surface area contributed by atoms with Gasteiger partial charge in [0, 0.05) is 0 Å². The number of guanidine groups is 1. The Hall–Kier alpha value is -4.41. The molecule has 0 unspecified atom stereocenters. The number of nitrogens with one attached hydrogen (secondary N) is 2. The molecule has 0 saturated carbocycles. The van der Waals surface area contributed by atoms with Crippen LogP contribution in [-0.4, -0.2) is 46.5 Å². The molecule has 1 atom stereocenters. The van der Waals surface area contributed by atoms with Crippen LogP contribution < -0.4 is 16.0 Å². The van der Waals surface area contributed by atoms with E-state index in [2.05, 4.69) is 5.32 Å². The number of carboxylic acid groups (broad SMARTS) is 1. The molecule has 1 heterocycles. The molecule has 1 aliphatic heterocycles. The van der Waals surface area contributed by atoms with Gasteiger partial charge in [-0.1, -0.05) is 42.5 Å². The number of imide groups is 1. The van der Waals surface area contributed by atoms with Gasteiger partial charge in [-0.05, 0) is 30.2 Å². The summed E-state index contributed by atoms with van der Waals surface area (Å²) in [5.74, 6) is -2.61. The van der Waals surface area contributed by atoms with Crippen LogP contribution in [0.1, 0.15) is 18.1 Å². The molecule has 2 aromatic carbocycles. The van der Waals surface area contributed by atoms with Gasteiger partial charge >= 0.3 is 18.1 Å². The summed E-state index contributed by atoms with van der Waals surface area (Å²) in [5.41, 5.74) is 5.40. The van der Waals surface area contributed by atoms with E-state index >= 15 is 0 Å². The van der Waals surface area contributed by atoms with Gasteiger partial charge in [0.1, 0.15) is 18.7 Å². The number of nitrogens with zero attached hydrogens (tertiary/aromatic N) is 2. The fraction of sp³-hybridized carbons (Fsp3) is 0.190. The summed E-state index contributed by atoms with van der Waals surface area (Å²) in [6, 6.07) is 14.0. The number of carboxylic acids is 1. The zero-order valence-electron chi connectivity index (χ0n) is 17.1. The largest absolute Gasteiger partial charge is 0.480 e. The van der Waals surface area contributed by atoms with Crippen molar-refractivity contribution in [3.05, 3.63) is 65.7 Å². The highest BCUT2D eigenvalue weighted by molar-refractivity contribution is 6.12. The van der Waals surface area contributed by atoms with Crippen LogP contribution >= 0.6 is 0 Å². The highest BCUT2D eigenvalue weighted by Crippen LogP contribution is 2.30. The summed E-state index contributed by atoms with van der Waals surface area (Å²) >= 11 is 0. The minimum Gasteiger partial charge on any atom is -0.480 e. The van der Waals surface area contributed by atoms with E-state index in [1.165, 1.54) is 31.2 Å². The van der Waals surface area contributed by atoms with Crippen LogP contribution in [-0.2, 0) is 26.5 Å². The second-order valence-corrected chi connectivity index (χ2v) is 7.15. The molecule has 0 aromatic heterocycles. The van der Waals surface area contributed by atoms with Gasteiger partial charge in [0.15, 0.2) is 0 Å². The fourth-order valence-electron chi connectivity index (χ4n) is 3.24. The number of hydrogen-bond acceptors (Lipinski definition) is 6. The number of ether oxygens (including phenoxy) is 1. The summed E-state index contributed by atoms with van der Waals surface area (Å²) < 4.78 is 5.23. The second kappa shape index (κ2) is 8.76. The Morgan fingerprint density at radius 2 is 1.78 bits per heavy atom. The minimum atomic E-state index is -1.49. The first-order chi connectivity index (χ1) is 15.1. The van der Waals surface area contributed by atoms with E-state index in [-0.39, 0.29) is 12.3 Å². The molecule has 1 saturated heterocycles. The molecule has 3 rings (SSSR count). The van der Waals surface area contributed by atoms with Gasteiger partial charge in [-0.25, -0.2) is 14.5 Å². The molecular formula is C21H21N5O6. The Kier molecular flexibility index (Phi) is 6.10. The van der Waals surface area contributed by atoms with Gasteiger partial charge in [-0.15, -0.1) is 0 Å². The lowest BCUT2D eigenvalue weighted by atomic mass is 9.92. The Labute approximate surface area is 182 Å². The van der Waals surface area contributed by atoms with Crippen molar-refractivity contribution in [3.8, 4) is 0 Å². The number of aliphatic carboxylic acids is 1. The molecule has 5 N–H and O–H groups in total. The van der Waals surface area contributed by atoms with Crippen molar-refractivity contribution in [3.63, 3.8) is 0 Å². The summed E-state index contributed by atoms with van der Waals surface area (Å²) in [6.45, 7) is 0.671. The third kappa shape index (κ3) is 4.36. The minimum absolute atomic E-state index is 0.0143. The predicted molar refractivity (Wildman–Crippen MR) is 113 cm³/mol. The number of rotatable bonds is 6. The number of carbonyl (C=O) groups excluding carboxylic acids is 3.